The quantitative estimate of drug-likeness (QED) is 0.824. The van der Waals surface area contributed by atoms with Crippen molar-refractivity contribution in [3.63, 3.8) is 0 Å². The molecule has 2 aromatic heterocycles. The van der Waals surface area contributed by atoms with Crippen LogP contribution in [0, 0.1) is 5.92 Å². The SMILES string of the molecule is NCCNC(=O)C1CCCN(C(=O)c2cc(-c3cccnc3)on2)C1. The van der Waals surface area contributed by atoms with E-state index in [0.29, 0.717) is 31.9 Å². The van der Waals surface area contributed by atoms with Gasteiger partial charge in [0, 0.05) is 50.2 Å². The number of piperidine rings is 1. The van der Waals surface area contributed by atoms with Gasteiger partial charge in [0.15, 0.2) is 11.5 Å². The predicted octanol–water partition coefficient (Wildman–Crippen LogP) is 0.664. The third-order valence-corrected chi connectivity index (χ3v) is 4.20. The average molecular weight is 343 g/mol. The smallest absolute Gasteiger partial charge is 0.276 e. The number of rotatable bonds is 5. The molecule has 8 nitrogen and oxygen atoms in total. The summed E-state index contributed by atoms with van der Waals surface area (Å²) in [4.78, 5) is 30.4. The number of amides is 2. The zero-order valence-corrected chi connectivity index (χ0v) is 13.9. The lowest BCUT2D eigenvalue weighted by Crippen LogP contribution is -2.46. The molecule has 0 spiro atoms. The molecule has 2 amide bonds. The van der Waals surface area contributed by atoms with Crippen molar-refractivity contribution in [3.8, 4) is 11.3 Å². The molecule has 3 rings (SSSR count). The monoisotopic (exact) mass is 343 g/mol. The van der Waals surface area contributed by atoms with Gasteiger partial charge in [0.1, 0.15) is 0 Å². The molecule has 25 heavy (non-hydrogen) atoms. The maximum Gasteiger partial charge on any atom is 0.276 e. The molecule has 0 aromatic carbocycles. The second kappa shape index (κ2) is 7.89. The highest BCUT2D eigenvalue weighted by Gasteiger charge is 2.30. The van der Waals surface area contributed by atoms with Crippen molar-refractivity contribution in [1.29, 1.82) is 0 Å². The standard InChI is InChI=1S/C17H21N5O3/c18-5-7-20-16(23)13-4-2-8-22(11-13)17(24)14-9-15(25-21-14)12-3-1-6-19-10-12/h1,3,6,9-10,13H,2,4-5,7-8,11,18H2,(H,20,23). The maximum atomic E-state index is 12.7. The summed E-state index contributed by atoms with van der Waals surface area (Å²) in [7, 11) is 0. The summed E-state index contributed by atoms with van der Waals surface area (Å²) in [5.74, 6) is -0.00555. The Morgan fingerprint density at radius 3 is 3.08 bits per heavy atom. The molecular formula is C17H21N5O3. The van der Waals surface area contributed by atoms with Gasteiger partial charge in [-0.2, -0.15) is 0 Å². The molecule has 1 aliphatic rings. The molecule has 3 heterocycles. The van der Waals surface area contributed by atoms with E-state index < -0.39 is 0 Å². The summed E-state index contributed by atoms with van der Waals surface area (Å²) in [5.41, 5.74) is 6.40. The second-order valence-corrected chi connectivity index (χ2v) is 5.99. The fourth-order valence-electron chi connectivity index (χ4n) is 2.90. The predicted molar refractivity (Wildman–Crippen MR) is 90.4 cm³/mol. The van der Waals surface area contributed by atoms with Crippen LogP contribution in [0.15, 0.2) is 35.1 Å². The van der Waals surface area contributed by atoms with E-state index in [1.54, 1.807) is 29.4 Å². The second-order valence-electron chi connectivity index (χ2n) is 5.99. The Morgan fingerprint density at radius 2 is 2.32 bits per heavy atom. The molecule has 0 radical (unpaired) electrons. The third kappa shape index (κ3) is 4.03. The van der Waals surface area contributed by atoms with Crippen LogP contribution in [0.4, 0.5) is 0 Å². The Balaban J connectivity index is 1.66. The van der Waals surface area contributed by atoms with E-state index >= 15 is 0 Å². The number of nitrogens with two attached hydrogens (primary N) is 1. The van der Waals surface area contributed by atoms with Gasteiger partial charge in [0.2, 0.25) is 5.91 Å². The number of carbonyl (C=O) groups is 2. The van der Waals surface area contributed by atoms with E-state index in [0.717, 1.165) is 18.4 Å². The molecular weight excluding hydrogens is 322 g/mol. The van der Waals surface area contributed by atoms with Crippen molar-refractivity contribution < 1.29 is 14.1 Å². The first kappa shape index (κ1) is 17.1. The third-order valence-electron chi connectivity index (χ3n) is 4.20. The fraction of sp³-hybridized carbons (Fsp3) is 0.412. The number of likely N-dealkylation sites (tertiary alicyclic amines) is 1. The van der Waals surface area contributed by atoms with Crippen molar-refractivity contribution in [2.24, 2.45) is 11.7 Å². The van der Waals surface area contributed by atoms with Crippen LogP contribution in [0.5, 0.6) is 0 Å². The molecule has 0 saturated carbocycles. The van der Waals surface area contributed by atoms with Crippen LogP contribution in [0.2, 0.25) is 0 Å². The number of nitrogens with zero attached hydrogens (tertiary/aromatic N) is 3. The number of pyridine rings is 1. The normalized spacial score (nSPS) is 17.3. The molecule has 0 aliphatic carbocycles. The van der Waals surface area contributed by atoms with Gasteiger partial charge in [0.25, 0.3) is 5.91 Å². The van der Waals surface area contributed by atoms with E-state index in [9.17, 15) is 9.59 Å². The maximum absolute atomic E-state index is 12.7. The first-order valence-electron chi connectivity index (χ1n) is 8.33. The highest BCUT2D eigenvalue weighted by Crippen LogP contribution is 2.22. The van der Waals surface area contributed by atoms with Crippen molar-refractivity contribution in [2.75, 3.05) is 26.2 Å². The highest BCUT2D eigenvalue weighted by atomic mass is 16.5. The van der Waals surface area contributed by atoms with Crippen LogP contribution >= 0.6 is 0 Å². The molecule has 1 fully saturated rings. The van der Waals surface area contributed by atoms with Crippen LogP contribution in [0.1, 0.15) is 23.3 Å². The van der Waals surface area contributed by atoms with E-state index in [-0.39, 0.29) is 23.4 Å². The minimum Gasteiger partial charge on any atom is -0.355 e. The topological polar surface area (TPSA) is 114 Å². The van der Waals surface area contributed by atoms with Crippen LogP contribution in [0.25, 0.3) is 11.3 Å². The number of aromatic nitrogens is 2. The van der Waals surface area contributed by atoms with Crippen LogP contribution in [-0.4, -0.2) is 53.0 Å². The van der Waals surface area contributed by atoms with E-state index in [4.69, 9.17) is 10.3 Å². The number of carbonyl (C=O) groups excluding carboxylic acids is 2. The number of hydrogen-bond acceptors (Lipinski definition) is 6. The van der Waals surface area contributed by atoms with Gasteiger partial charge < -0.3 is 20.5 Å². The first-order valence-corrected chi connectivity index (χ1v) is 8.33. The summed E-state index contributed by atoms with van der Waals surface area (Å²) >= 11 is 0. The lowest BCUT2D eigenvalue weighted by atomic mass is 9.97. The summed E-state index contributed by atoms with van der Waals surface area (Å²) in [5, 5.41) is 6.66. The van der Waals surface area contributed by atoms with Crippen LogP contribution < -0.4 is 11.1 Å². The van der Waals surface area contributed by atoms with Gasteiger partial charge in [0.05, 0.1) is 5.92 Å². The molecule has 1 unspecified atom stereocenters. The van der Waals surface area contributed by atoms with Crippen molar-refractivity contribution >= 4 is 11.8 Å². The summed E-state index contributed by atoms with van der Waals surface area (Å²) in [6, 6.07) is 5.23. The Labute approximate surface area is 145 Å². The zero-order chi connectivity index (χ0) is 17.6. The molecule has 1 atom stereocenters. The fourth-order valence-corrected chi connectivity index (χ4v) is 2.90. The summed E-state index contributed by atoms with van der Waals surface area (Å²) in [6.07, 6.45) is 4.85. The van der Waals surface area contributed by atoms with Crippen LogP contribution in [0.3, 0.4) is 0 Å². The first-order chi connectivity index (χ1) is 12.2. The highest BCUT2D eigenvalue weighted by molar-refractivity contribution is 5.93. The Kier molecular flexibility index (Phi) is 5.39. The molecule has 8 heteroatoms. The summed E-state index contributed by atoms with van der Waals surface area (Å²) in [6.45, 7) is 1.83. The number of hydrogen-bond donors (Lipinski definition) is 2. The van der Waals surface area contributed by atoms with Gasteiger partial charge in [-0.05, 0) is 25.0 Å². The van der Waals surface area contributed by atoms with Gasteiger partial charge in [-0.15, -0.1) is 0 Å². The van der Waals surface area contributed by atoms with Crippen molar-refractivity contribution in [3.05, 3.63) is 36.3 Å². The van der Waals surface area contributed by atoms with Crippen molar-refractivity contribution in [2.45, 2.75) is 12.8 Å². The lowest BCUT2D eigenvalue weighted by Gasteiger charge is -2.31. The van der Waals surface area contributed by atoms with E-state index in [1.807, 2.05) is 6.07 Å². The summed E-state index contributed by atoms with van der Waals surface area (Å²) < 4.78 is 5.26. The largest absolute Gasteiger partial charge is 0.355 e. The lowest BCUT2D eigenvalue weighted by molar-refractivity contribution is -0.126. The van der Waals surface area contributed by atoms with Gasteiger partial charge >= 0.3 is 0 Å². The molecule has 3 N–H and O–H groups in total. The van der Waals surface area contributed by atoms with Gasteiger partial charge in [-0.25, -0.2) is 0 Å². The average Bonchev–Trinajstić information content (AvgIpc) is 3.16. The van der Waals surface area contributed by atoms with E-state index in [2.05, 4.69) is 15.5 Å². The molecule has 0 bridgehead atoms. The minimum absolute atomic E-state index is 0.0563. The van der Waals surface area contributed by atoms with Crippen LogP contribution in [-0.2, 0) is 4.79 Å². The molecule has 1 saturated heterocycles. The molecule has 2 aromatic rings. The Hall–Kier alpha value is -2.74. The zero-order valence-electron chi connectivity index (χ0n) is 13.9. The Morgan fingerprint density at radius 1 is 1.44 bits per heavy atom. The number of nitrogens with one attached hydrogen (secondary N) is 1. The molecule has 1 aliphatic heterocycles. The van der Waals surface area contributed by atoms with E-state index in [1.165, 1.54) is 0 Å². The van der Waals surface area contributed by atoms with Crippen molar-refractivity contribution in [1.82, 2.24) is 20.4 Å². The minimum atomic E-state index is -0.227. The van der Waals surface area contributed by atoms with Gasteiger partial charge in [-0.3, -0.25) is 14.6 Å². The Bertz CT molecular complexity index is 731. The molecule has 132 valence electrons. The van der Waals surface area contributed by atoms with Gasteiger partial charge in [-0.1, -0.05) is 5.16 Å².